The summed E-state index contributed by atoms with van der Waals surface area (Å²) in [7, 11) is 0. The fraction of sp³-hybridized carbons (Fsp3) is 0. The van der Waals surface area contributed by atoms with Gasteiger partial charge < -0.3 is 0 Å². The Bertz CT molecular complexity index is 188. The van der Waals surface area contributed by atoms with Gasteiger partial charge in [0.15, 0.2) is 0 Å². The predicted octanol–water partition coefficient (Wildman–Crippen LogP) is 2.16. The average molecular weight is 217 g/mol. The maximum Gasteiger partial charge on any atom is 3.00 e. The van der Waals surface area contributed by atoms with Crippen molar-refractivity contribution in [1.82, 2.24) is 9.97 Å². The maximum absolute atomic E-state index is 3.78. The molecule has 2 aromatic rings. The van der Waals surface area contributed by atoms with Gasteiger partial charge in [0.2, 0.25) is 0 Å². The van der Waals surface area contributed by atoms with E-state index >= 15 is 0 Å². The molecule has 0 radical (unpaired) electrons. The maximum atomic E-state index is 3.78. The van der Waals surface area contributed by atoms with Gasteiger partial charge in [-0.2, -0.15) is 0 Å². The molecule has 2 rings (SSSR count). The van der Waals surface area contributed by atoms with E-state index in [1.165, 1.54) is 0 Å². The summed E-state index contributed by atoms with van der Waals surface area (Å²) in [5.41, 5.74) is 0. The largest absolute Gasteiger partial charge is 3.00 e. The molecule has 0 aliphatic rings. The van der Waals surface area contributed by atoms with Gasteiger partial charge in [-0.25, -0.2) is 0 Å². The first kappa shape index (κ1) is 11.8. The number of nitrogens with zero attached hydrogens (tertiary/aromatic N) is 2. The van der Waals surface area contributed by atoms with Crippen LogP contribution in [0.3, 0.4) is 0 Å². The summed E-state index contributed by atoms with van der Waals surface area (Å²) in [6, 6.07) is 11.4. The standard InChI is InChI=1S/2C5H5N.Co/c2*1-2-4-6-5-3-1;/h2*1-5H;/q;;+3. The Balaban J connectivity index is 0.000000206. The number of hydrogen-bond acceptors (Lipinski definition) is 2. The monoisotopic (exact) mass is 217 g/mol. The number of pyridine rings is 2. The zero-order valence-electron chi connectivity index (χ0n) is 7.00. The van der Waals surface area contributed by atoms with Crippen molar-refractivity contribution in [3.05, 3.63) is 61.2 Å². The molecule has 0 spiro atoms. The number of aromatic nitrogens is 2. The zero-order chi connectivity index (χ0) is 8.49. The van der Waals surface area contributed by atoms with Crippen LogP contribution < -0.4 is 0 Å². The van der Waals surface area contributed by atoms with Gasteiger partial charge in [0, 0.05) is 24.8 Å². The van der Waals surface area contributed by atoms with Gasteiger partial charge in [-0.3, -0.25) is 9.97 Å². The Kier molecular flexibility index (Phi) is 8.08. The first-order chi connectivity index (χ1) is 6.00. The quantitative estimate of drug-likeness (QED) is 0.675. The van der Waals surface area contributed by atoms with Crippen LogP contribution in [-0.2, 0) is 16.8 Å². The normalized spacial score (nSPS) is 7.38. The summed E-state index contributed by atoms with van der Waals surface area (Å²) in [6.07, 6.45) is 7.00. The second-order valence-electron chi connectivity index (χ2n) is 2.05. The first-order valence-electron chi connectivity index (χ1n) is 3.70. The molecule has 0 aliphatic carbocycles. The molecule has 0 aromatic carbocycles. The SMILES string of the molecule is [Co+3].c1ccncc1.c1ccncc1. The number of hydrogen-bond donors (Lipinski definition) is 0. The third kappa shape index (κ3) is 7.18. The van der Waals surface area contributed by atoms with E-state index in [0.717, 1.165) is 0 Å². The van der Waals surface area contributed by atoms with Crippen LogP contribution in [0.4, 0.5) is 0 Å². The molecule has 0 saturated carbocycles. The first-order valence-corrected chi connectivity index (χ1v) is 3.70. The van der Waals surface area contributed by atoms with Crippen LogP contribution in [0.25, 0.3) is 0 Å². The minimum absolute atomic E-state index is 0. The Morgan fingerprint density at radius 2 is 0.769 bits per heavy atom. The van der Waals surface area contributed by atoms with Crippen molar-refractivity contribution in [2.75, 3.05) is 0 Å². The van der Waals surface area contributed by atoms with Gasteiger partial charge in [0.1, 0.15) is 0 Å². The smallest absolute Gasteiger partial charge is 0.265 e. The van der Waals surface area contributed by atoms with Gasteiger partial charge in [-0.1, -0.05) is 12.1 Å². The van der Waals surface area contributed by atoms with E-state index in [4.69, 9.17) is 0 Å². The summed E-state index contributed by atoms with van der Waals surface area (Å²) in [5, 5.41) is 0. The van der Waals surface area contributed by atoms with Gasteiger partial charge in [-0.05, 0) is 24.3 Å². The Morgan fingerprint density at radius 3 is 0.846 bits per heavy atom. The second kappa shape index (κ2) is 8.90. The molecule has 0 amide bonds. The fourth-order valence-electron chi connectivity index (χ4n) is 0.625. The Morgan fingerprint density at radius 1 is 0.462 bits per heavy atom. The molecule has 0 fully saturated rings. The van der Waals surface area contributed by atoms with E-state index in [2.05, 4.69) is 9.97 Å². The predicted molar refractivity (Wildman–Crippen MR) is 48.5 cm³/mol. The van der Waals surface area contributed by atoms with Crippen molar-refractivity contribution >= 4 is 0 Å². The van der Waals surface area contributed by atoms with Crippen LogP contribution in [0.1, 0.15) is 0 Å². The van der Waals surface area contributed by atoms with Crippen molar-refractivity contribution in [1.29, 1.82) is 0 Å². The summed E-state index contributed by atoms with van der Waals surface area (Å²) < 4.78 is 0. The molecule has 0 aliphatic heterocycles. The summed E-state index contributed by atoms with van der Waals surface area (Å²) in [6.45, 7) is 0. The summed E-state index contributed by atoms with van der Waals surface area (Å²) >= 11 is 0. The topological polar surface area (TPSA) is 25.8 Å². The molecular formula is C10H10CoN2+3. The van der Waals surface area contributed by atoms with Crippen molar-refractivity contribution in [2.45, 2.75) is 0 Å². The van der Waals surface area contributed by atoms with E-state index in [0.29, 0.717) is 0 Å². The third-order valence-corrected chi connectivity index (χ3v) is 1.13. The Hall–Kier alpha value is -1.19. The van der Waals surface area contributed by atoms with Crippen LogP contribution in [0.2, 0.25) is 0 Å². The summed E-state index contributed by atoms with van der Waals surface area (Å²) in [5.74, 6) is 0. The van der Waals surface area contributed by atoms with Crippen LogP contribution in [-0.4, -0.2) is 9.97 Å². The molecule has 0 bridgehead atoms. The van der Waals surface area contributed by atoms with E-state index in [9.17, 15) is 0 Å². The summed E-state index contributed by atoms with van der Waals surface area (Å²) in [4.78, 5) is 7.57. The van der Waals surface area contributed by atoms with Gasteiger partial charge in [0.05, 0.1) is 0 Å². The molecule has 2 heterocycles. The molecule has 0 N–H and O–H groups in total. The van der Waals surface area contributed by atoms with Gasteiger partial charge in [0.25, 0.3) is 0 Å². The fourth-order valence-corrected chi connectivity index (χ4v) is 0.625. The third-order valence-electron chi connectivity index (χ3n) is 1.13. The van der Waals surface area contributed by atoms with Crippen LogP contribution in [0.15, 0.2) is 61.2 Å². The van der Waals surface area contributed by atoms with E-state index in [-0.39, 0.29) is 16.8 Å². The molecule has 0 saturated heterocycles. The van der Waals surface area contributed by atoms with Crippen molar-refractivity contribution in [3.8, 4) is 0 Å². The van der Waals surface area contributed by atoms with Crippen LogP contribution in [0, 0.1) is 0 Å². The average Bonchev–Trinajstić information content (AvgIpc) is 2.24. The molecule has 2 aromatic heterocycles. The molecule has 2 nitrogen and oxygen atoms in total. The minimum atomic E-state index is 0. The van der Waals surface area contributed by atoms with Crippen molar-refractivity contribution in [3.63, 3.8) is 0 Å². The molecular weight excluding hydrogens is 207 g/mol. The molecule has 0 unspecified atom stereocenters. The molecule has 3 heteroatoms. The Labute approximate surface area is 88.3 Å². The van der Waals surface area contributed by atoms with E-state index < -0.39 is 0 Å². The van der Waals surface area contributed by atoms with Gasteiger partial charge >= 0.3 is 16.8 Å². The molecule has 66 valence electrons. The number of rotatable bonds is 0. The van der Waals surface area contributed by atoms with Crippen molar-refractivity contribution < 1.29 is 16.8 Å². The van der Waals surface area contributed by atoms with E-state index in [1.807, 2.05) is 36.4 Å². The second-order valence-corrected chi connectivity index (χ2v) is 2.05. The van der Waals surface area contributed by atoms with E-state index in [1.54, 1.807) is 24.8 Å². The van der Waals surface area contributed by atoms with Crippen LogP contribution in [0.5, 0.6) is 0 Å². The minimum Gasteiger partial charge on any atom is -0.265 e. The molecule has 13 heavy (non-hydrogen) atoms. The van der Waals surface area contributed by atoms with Crippen molar-refractivity contribution in [2.24, 2.45) is 0 Å². The zero-order valence-corrected chi connectivity index (χ0v) is 8.04. The molecule has 0 atom stereocenters. The van der Waals surface area contributed by atoms with Gasteiger partial charge in [-0.15, -0.1) is 0 Å². The van der Waals surface area contributed by atoms with Crippen LogP contribution >= 0.6 is 0 Å².